The van der Waals surface area contributed by atoms with Gasteiger partial charge in [-0.25, -0.2) is 19.2 Å². The minimum atomic E-state index is -1.13. The number of benzene rings is 2. The Morgan fingerprint density at radius 1 is 0.531 bits per heavy atom. The number of hydrogen-bond donors (Lipinski definition) is 6. The van der Waals surface area contributed by atoms with Gasteiger partial charge in [-0.15, -0.1) is 0 Å². The van der Waals surface area contributed by atoms with Crippen LogP contribution in [0.4, 0.5) is 0 Å². The standard InChI is InChI=1S/2C8H6O4.C6H16N2/c9-7(10)5-1-2-6(4-3-5)8(11)12;9-7(10)5-2-1-3-6(4-5)8(11)12;7-5-3-1-2-4-6-8/h2*1-4H,(H,9,10)(H,11,12);1-8H2. The molecule has 10 heteroatoms. The van der Waals surface area contributed by atoms with Gasteiger partial charge in [-0.05, 0) is 68.4 Å². The van der Waals surface area contributed by atoms with Crippen LogP contribution in [-0.4, -0.2) is 57.4 Å². The van der Waals surface area contributed by atoms with Crippen LogP contribution < -0.4 is 11.5 Å². The van der Waals surface area contributed by atoms with Gasteiger partial charge in [0.25, 0.3) is 0 Å². The molecule has 0 saturated heterocycles. The third-order valence-corrected chi connectivity index (χ3v) is 3.89. The fourth-order valence-corrected chi connectivity index (χ4v) is 2.18. The summed E-state index contributed by atoms with van der Waals surface area (Å²) >= 11 is 0. The lowest BCUT2D eigenvalue weighted by molar-refractivity contribution is 0.0681. The Balaban J connectivity index is 0.000000462. The lowest BCUT2D eigenvalue weighted by atomic mass is 10.1. The first-order valence-corrected chi connectivity index (χ1v) is 9.67. The van der Waals surface area contributed by atoms with Gasteiger partial charge in [-0.1, -0.05) is 18.9 Å². The van der Waals surface area contributed by atoms with E-state index >= 15 is 0 Å². The third kappa shape index (κ3) is 12.1. The number of rotatable bonds is 9. The van der Waals surface area contributed by atoms with E-state index in [2.05, 4.69) is 0 Å². The molecule has 0 aliphatic heterocycles. The van der Waals surface area contributed by atoms with Crippen LogP contribution in [0.15, 0.2) is 48.5 Å². The number of carboxylic acid groups (broad SMARTS) is 4. The molecule has 0 amide bonds. The molecule has 0 aliphatic carbocycles. The molecule has 10 nitrogen and oxygen atoms in total. The van der Waals surface area contributed by atoms with Crippen molar-refractivity contribution in [3.8, 4) is 0 Å². The Morgan fingerprint density at radius 3 is 1.09 bits per heavy atom. The summed E-state index contributed by atoms with van der Waals surface area (Å²) in [4.78, 5) is 41.4. The number of aromatic carboxylic acids is 4. The molecule has 2 aromatic carbocycles. The van der Waals surface area contributed by atoms with Gasteiger partial charge in [0.05, 0.1) is 22.3 Å². The summed E-state index contributed by atoms with van der Waals surface area (Å²) in [5.74, 6) is -4.38. The fraction of sp³-hybridized carbons (Fsp3) is 0.273. The van der Waals surface area contributed by atoms with E-state index in [1.807, 2.05) is 0 Å². The van der Waals surface area contributed by atoms with E-state index in [4.69, 9.17) is 31.9 Å². The Hall–Kier alpha value is -3.76. The molecule has 0 heterocycles. The minimum Gasteiger partial charge on any atom is -0.478 e. The molecular formula is C22H28N2O8. The molecule has 2 rings (SSSR count). The largest absolute Gasteiger partial charge is 0.478 e. The van der Waals surface area contributed by atoms with Crippen molar-refractivity contribution in [2.24, 2.45) is 11.5 Å². The van der Waals surface area contributed by atoms with Gasteiger partial charge >= 0.3 is 23.9 Å². The second-order valence-electron chi connectivity index (χ2n) is 6.37. The summed E-state index contributed by atoms with van der Waals surface area (Å²) in [5, 5.41) is 33.9. The number of carboxylic acids is 4. The highest BCUT2D eigenvalue weighted by Gasteiger charge is 2.07. The van der Waals surface area contributed by atoms with E-state index in [0.29, 0.717) is 0 Å². The van der Waals surface area contributed by atoms with Gasteiger partial charge in [0.1, 0.15) is 0 Å². The molecule has 0 radical (unpaired) electrons. The Morgan fingerprint density at radius 2 is 0.844 bits per heavy atom. The molecule has 0 aromatic heterocycles. The Bertz CT molecular complexity index is 814. The van der Waals surface area contributed by atoms with Gasteiger partial charge in [0.15, 0.2) is 0 Å². The average Bonchev–Trinajstić information content (AvgIpc) is 2.77. The van der Waals surface area contributed by atoms with Crippen molar-refractivity contribution < 1.29 is 39.6 Å². The minimum absolute atomic E-state index is 0.0186. The highest BCUT2D eigenvalue weighted by molar-refractivity contribution is 5.93. The smallest absolute Gasteiger partial charge is 0.335 e. The highest BCUT2D eigenvalue weighted by atomic mass is 16.4. The van der Waals surface area contributed by atoms with Crippen molar-refractivity contribution >= 4 is 23.9 Å². The highest BCUT2D eigenvalue weighted by Crippen LogP contribution is 2.05. The van der Waals surface area contributed by atoms with Gasteiger partial charge in [0.2, 0.25) is 0 Å². The lowest BCUT2D eigenvalue weighted by Crippen LogP contribution is -2.01. The Labute approximate surface area is 185 Å². The zero-order valence-corrected chi connectivity index (χ0v) is 17.4. The molecule has 0 unspecified atom stereocenters. The van der Waals surface area contributed by atoms with E-state index < -0.39 is 23.9 Å². The normalized spacial score (nSPS) is 9.44. The summed E-state index contributed by atoms with van der Waals surface area (Å²) in [5.41, 5.74) is 10.7. The third-order valence-electron chi connectivity index (χ3n) is 3.89. The molecular weight excluding hydrogens is 420 g/mol. The summed E-state index contributed by atoms with van der Waals surface area (Å²) < 4.78 is 0. The van der Waals surface area contributed by atoms with Gasteiger partial charge in [-0.2, -0.15) is 0 Å². The Kier molecular flexibility index (Phi) is 14.1. The molecule has 2 aromatic rings. The first-order chi connectivity index (χ1) is 15.1. The van der Waals surface area contributed by atoms with Crippen molar-refractivity contribution in [2.75, 3.05) is 13.1 Å². The molecule has 32 heavy (non-hydrogen) atoms. The topological polar surface area (TPSA) is 201 Å². The number of hydrogen-bond acceptors (Lipinski definition) is 6. The summed E-state index contributed by atoms with van der Waals surface area (Å²) in [7, 11) is 0. The summed E-state index contributed by atoms with van der Waals surface area (Å²) in [6, 6.07) is 10.2. The fourth-order valence-electron chi connectivity index (χ4n) is 2.18. The van der Waals surface area contributed by atoms with E-state index in [9.17, 15) is 19.2 Å². The maximum atomic E-state index is 10.4. The molecule has 0 atom stereocenters. The first-order valence-electron chi connectivity index (χ1n) is 9.67. The monoisotopic (exact) mass is 448 g/mol. The van der Waals surface area contributed by atoms with Gasteiger partial charge in [0, 0.05) is 0 Å². The first kappa shape index (κ1) is 28.2. The zero-order chi connectivity index (χ0) is 24.5. The average molecular weight is 448 g/mol. The number of unbranched alkanes of at least 4 members (excludes halogenated alkanes) is 3. The van der Waals surface area contributed by atoms with Crippen LogP contribution in [0.3, 0.4) is 0 Å². The second-order valence-corrected chi connectivity index (χ2v) is 6.37. The SMILES string of the molecule is NCCCCCCN.O=C(O)c1ccc(C(=O)O)cc1.O=C(O)c1cccc(C(=O)O)c1. The predicted molar refractivity (Wildman–Crippen MR) is 117 cm³/mol. The van der Waals surface area contributed by atoms with Crippen molar-refractivity contribution in [1.29, 1.82) is 0 Å². The molecule has 0 bridgehead atoms. The van der Waals surface area contributed by atoms with Crippen LogP contribution in [-0.2, 0) is 0 Å². The maximum absolute atomic E-state index is 10.4. The summed E-state index contributed by atoms with van der Waals surface area (Å²) in [6.07, 6.45) is 4.79. The second kappa shape index (κ2) is 16.0. The van der Waals surface area contributed by atoms with Crippen LogP contribution in [0.5, 0.6) is 0 Å². The van der Waals surface area contributed by atoms with Crippen molar-refractivity contribution in [3.05, 3.63) is 70.8 Å². The van der Waals surface area contributed by atoms with E-state index in [1.54, 1.807) is 0 Å². The molecule has 0 saturated carbocycles. The van der Waals surface area contributed by atoms with Crippen molar-refractivity contribution in [1.82, 2.24) is 0 Å². The molecule has 0 aliphatic rings. The predicted octanol–water partition coefficient (Wildman–Crippen LogP) is 2.63. The van der Waals surface area contributed by atoms with Gasteiger partial charge in [-0.3, -0.25) is 0 Å². The van der Waals surface area contributed by atoms with Crippen molar-refractivity contribution in [3.63, 3.8) is 0 Å². The molecule has 174 valence electrons. The van der Waals surface area contributed by atoms with E-state index in [1.165, 1.54) is 55.3 Å². The van der Waals surface area contributed by atoms with E-state index in [0.717, 1.165) is 32.0 Å². The van der Waals surface area contributed by atoms with Crippen LogP contribution >= 0.6 is 0 Å². The lowest BCUT2D eigenvalue weighted by Gasteiger charge is -1.95. The molecule has 0 fully saturated rings. The zero-order valence-electron chi connectivity index (χ0n) is 17.4. The van der Waals surface area contributed by atoms with Crippen LogP contribution in [0.2, 0.25) is 0 Å². The van der Waals surface area contributed by atoms with Crippen LogP contribution in [0, 0.1) is 0 Å². The van der Waals surface area contributed by atoms with E-state index in [-0.39, 0.29) is 22.3 Å². The van der Waals surface area contributed by atoms with Gasteiger partial charge < -0.3 is 31.9 Å². The number of carbonyl (C=O) groups is 4. The van der Waals surface area contributed by atoms with Crippen molar-refractivity contribution in [2.45, 2.75) is 25.7 Å². The summed E-state index contributed by atoms with van der Waals surface area (Å²) in [6.45, 7) is 1.65. The molecule has 0 spiro atoms. The maximum Gasteiger partial charge on any atom is 0.335 e. The number of nitrogens with two attached hydrogens (primary N) is 2. The van der Waals surface area contributed by atoms with Crippen LogP contribution in [0.1, 0.15) is 67.1 Å². The quantitative estimate of drug-likeness (QED) is 0.310. The molecule has 8 N–H and O–H groups in total. The van der Waals surface area contributed by atoms with Crippen LogP contribution in [0.25, 0.3) is 0 Å².